The van der Waals surface area contributed by atoms with Crippen LogP contribution >= 0.6 is 23.4 Å². The highest BCUT2D eigenvalue weighted by molar-refractivity contribution is 8.27. The van der Waals surface area contributed by atoms with E-state index < -0.39 is 5.91 Å². The van der Waals surface area contributed by atoms with Crippen LogP contribution in [0.25, 0.3) is 6.08 Å². The minimum Gasteiger partial charge on any atom is -0.490 e. The Morgan fingerprint density at radius 3 is 2.45 bits per heavy atom. The van der Waals surface area contributed by atoms with Crippen molar-refractivity contribution in [3.63, 3.8) is 0 Å². The Morgan fingerprint density at radius 2 is 1.79 bits per heavy atom. The molecule has 1 N–H and O–H groups in total. The molecule has 2 aliphatic heterocycles. The maximum absolute atomic E-state index is 12.5. The molecule has 2 aromatic carbocycles. The van der Waals surface area contributed by atoms with E-state index in [9.17, 15) is 4.79 Å². The first-order valence-corrected chi connectivity index (χ1v) is 11.6. The Bertz CT molecular complexity index is 1190. The summed E-state index contributed by atoms with van der Waals surface area (Å²) >= 11 is 7.36. The van der Waals surface area contributed by atoms with Crippen LogP contribution in [0, 0.1) is 18.3 Å². The first-order chi connectivity index (χ1) is 15.8. The molecule has 0 spiro atoms. The topological polar surface area (TPSA) is 87.3 Å². The lowest BCUT2D eigenvalue weighted by atomic mass is 10.1. The van der Waals surface area contributed by atoms with E-state index >= 15 is 0 Å². The summed E-state index contributed by atoms with van der Waals surface area (Å²) in [5, 5.41) is 16.3. The molecular formula is C24H23ClN4O3S. The number of hydrazone groups is 1. The van der Waals surface area contributed by atoms with Gasteiger partial charge in [0.05, 0.1) is 5.57 Å². The first-order valence-electron chi connectivity index (χ1n) is 10.4. The smallest absolute Gasteiger partial charge is 0.283 e. The molecule has 170 valence electrons. The molecule has 0 fully saturated rings. The van der Waals surface area contributed by atoms with Crippen molar-refractivity contribution in [2.45, 2.75) is 20.8 Å². The van der Waals surface area contributed by atoms with Gasteiger partial charge in [0.15, 0.2) is 5.84 Å². The molecule has 4 rings (SSSR count). The van der Waals surface area contributed by atoms with E-state index in [4.69, 9.17) is 26.5 Å². The number of fused-ring (bicyclic) bond motifs is 1. The van der Waals surface area contributed by atoms with Crippen LogP contribution < -0.4 is 9.47 Å². The summed E-state index contributed by atoms with van der Waals surface area (Å²) in [5.74, 6) is 1.22. The third kappa shape index (κ3) is 5.29. The summed E-state index contributed by atoms with van der Waals surface area (Å²) in [6.07, 6.45) is 1.65. The van der Waals surface area contributed by atoms with Gasteiger partial charge in [-0.25, -0.2) is 0 Å². The summed E-state index contributed by atoms with van der Waals surface area (Å²) in [6.45, 7) is 6.73. The largest absolute Gasteiger partial charge is 0.490 e. The number of halogens is 1. The number of hydrogen-bond donors (Lipinski definition) is 1. The van der Waals surface area contributed by atoms with Crippen molar-refractivity contribution in [3.05, 3.63) is 64.2 Å². The van der Waals surface area contributed by atoms with Gasteiger partial charge in [-0.2, -0.15) is 15.1 Å². The molecule has 0 bridgehead atoms. The van der Waals surface area contributed by atoms with Crippen molar-refractivity contribution in [2.75, 3.05) is 13.2 Å². The summed E-state index contributed by atoms with van der Waals surface area (Å²) in [4.78, 5) is 16.6. The van der Waals surface area contributed by atoms with E-state index in [-0.39, 0.29) is 17.3 Å². The molecule has 1 amide bonds. The number of rotatable bonds is 7. The second-order valence-corrected chi connectivity index (χ2v) is 9.18. The van der Waals surface area contributed by atoms with Gasteiger partial charge in [0, 0.05) is 10.9 Å². The number of hydrogen-bond acceptors (Lipinski definition) is 6. The maximum atomic E-state index is 12.5. The average Bonchev–Trinajstić information content (AvgIpc) is 3.22. The van der Waals surface area contributed by atoms with Gasteiger partial charge in [0.2, 0.25) is 5.17 Å². The molecule has 0 saturated heterocycles. The normalized spacial score (nSPS) is 16.8. The number of amidine groups is 2. The van der Waals surface area contributed by atoms with Crippen LogP contribution in [0.5, 0.6) is 11.5 Å². The van der Waals surface area contributed by atoms with Gasteiger partial charge >= 0.3 is 0 Å². The minimum atomic E-state index is -0.436. The highest BCUT2D eigenvalue weighted by Gasteiger charge is 2.36. The first kappa shape index (κ1) is 23.1. The van der Waals surface area contributed by atoms with E-state index in [0.29, 0.717) is 29.2 Å². The van der Waals surface area contributed by atoms with Crippen LogP contribution in [-0.4, -0.2) is 40.2 Å². The zero-order chi connectivity index (χ0) is 23.5. The molecule has 33 heavy (non-hydrogen) atoms. The summed E-state index contributed by atoms with van der Waals surface area (Å²) in [7, 11) is 0. The third-order valence-corrected chi connectivity index (χ3v) is 6.54. The van der Waals surface area contributed by atoms with Crippen molar-refractivity contribution < 1.29 is 14.3 Å². The van der Waals surface area contributed by atoms with Crippen molar-refractivity contribution >= 4 is 51.4 Å². The van der Waals surface area contributed by atoms with Gasteiger partial charge in [-0.05, 0) is 66.2 Å². The molecule has 0 aromatic heterocycles. The minimum absolute atomic E-state index is 0.0306. The lowest BCUT2D eigenvalue weighted by molar-refractivity contribution is -0.114. The molecule has 2 heterocycles. The number of carbonyl (C=O) groups excluding carboxylic acids is 1. The highest BCUT2D eigenvalue weighted by Crippen LogP contribution is 2.31. The number of nitrogens with one attached hydrogen (secondary N) is 1. The van der Waals surface area contributed by atoms with Gasteiger partial charge in [0.25, 0.3) is 5.91 Å². The van der Waals surface area contributed by atoms with Crippen molar-refractivity contribution in [2.24, 2.45) is 16.0 Å². The van der Waals surface area contributed by atoms with Crippen molar-refractivity contribution in [1.29, 1.82) is 5.41 Å². The Hall–Kier alpha value is -3.10. The average molecular weight is 483 g/mol. The quantitative estimate of drug-likeness (QED) is 0.422. The van der Waals surface area contributed by atoms with E-state index in [1.807, 2.05) is 57.2 Å². The molecule has 0 radical (unpaired) electrons. The molecular weight excluding hydrogens is 460 g/mol. The number of aryl methyl sites for hydroxylation is 1. The van der Waals surface area contributed by atoms with Crippen LogP contribution in [0.1, 0.15) is 25.0 Å². The van der Waals surface area contributed by atoms with Crippen LogP contribution in [0.3, 0.4) is 0 Å². The van der Waals surface area contributed by atoms with Gasteiger partial charge in [-0.1, -0.05) is 37.6 Å². The predicted molar refractivity (Wildman–Crippen MR) is 133 cm³/mol. The maximum Gasteiger partial charge on any atom is 0.283 e. The van der Waals surface area contributed by atoms with E-state index in [0.717, 1.165) is 21.9 Å². The lowest BCUT2D eigenvalue weighted by Crippen LogP contribution is -2.35. The van der Waals surface area contributed by atoms with E-state index in [1.165, 1.54) is 16.8 Å². The highest BCUT2D eigenvalue weighted by atomic mass is 35.5. The van der Waals surface area contributed by atoms with Gasteiger partial charge in [0.1, 0.15) is 29.8 Å². The van der Waals surface area contributed by atoms with Gasteiger partial charge < -0.3 is 9.47 Å². The van der Waals surface area contributed by atoms with Crippen LogP contribution in [-0.2, 0) is 4.79 Å². The van der Waals surface area contributed by atoms with Gasteiger partial charge in [-0.15, -0.1) is 0 Å². The van der Waals surface area contributed by atoms with Crippen LogP contribution in [0.2, 0.25) is 5.02 Å². The Labute approximate surface area is 201 Å². The zero-order valence-electron chi connectivity index (χ0n) is 18.5. The second kappa shape index (κ2) is 9.80. The summed E-state index contributed by atoms with van der Waals surface area (Å²) < 4.78 is 11.4. The zero-order valence-corrected chi connectivity index (χ0v) is 20.0. The Balaban J connectivity index is 1.35. The fourth-order valence-corrected chi connectivity index (χ4v) is 4.10. The fourth-order valence-electron chi connectivity index (χ4n) is 3.09. The molecule has 0 atom stereocenters. The Morgan fingerprint density at radius 1 is 1.12 bits per heavy atom. The summed E-state index contributed by atoms with van der Waals surface area (Å²) in [6, 6.07) is 12.8. The number of amides is 1. The number of thioether (sulfide) groups is 1. The molecule has 0 unspecified atom stereocenters. The fraction of sp³-hybridized carbons (Fsp3) is 0.250. The Kier molecular flexibility index (Phi) is 6.85. The van der Waals surface area contributed by atoms with Crippen LogP contribution in [0.15, 0.2) is 58.1 Å². The van der Waals surface area contributed by atoms with Crippen LogP contribution in [0.4, 0.5) is 0 Å². The number of ether oxygens (including phenoxy) is 2. The number of nitrogens with zero attached hydrogens (tertiary/aromatic N) is 3. The number of carbonyl (C=O) groups is 1. The standard InChI is InChI=1S/C24H23ClN4O3S/c1-14(2)23-28-29-21(26)19(22(30)27-24(29)33-23)13-16-4-6-17(7-5-16)31-10-11-32-18-8-9-20(25)15(3)12-18/h4-9,12-14,26H,10-11H2,1-3H3/b19-13-,26-21?. The van der Waals surface area contributed by atoms with Crippen molar-refractivity contribution in [1.82, 2.24) is 5.01 Å². The SMILES string of the molecule is Cc1cc(OCCOc2ccc(/C=C3/C(=N)N4N=C(C(C)C)SC4=NC3=O)cc2)ccc1Cl. The van der Waals surface area contributed by atoms with E-state index in [2.05, 4.69) is 10.1 Å². The molecule has 2 aliphatic rings. The molecule has 0 aliphatic carbocycles. The number of aliphatic imine (C=N–C) groups is 1. The number of benzene rings is 2. The van der Waals surface area contributed by atoms with Crippen molar-refractivity contribution in [3.8, 4) is 11.5 Å². The second-order valence-electron chi connectivity index (χ2n) is 7.79. The molecule has 7 nitrogen and oxygen atoms in total. The molecule has 0 saturated carbocycles. The lowest BCUT2D eigenvalue weighted by Gasteiger charge is -2.20. The van der Waals surface area contributed by atoms with Gasteiger partial charge in [-0.3, -0.25) is 10.2 Å². The summed E-state index contributed by atoms with van der Waals surface area (Å²) in [5.41, 5.74) is 1.93. The predicted octanol–water partition coefficient (Wildman–Crippen LogP) is 5.38. The third-order valence-electron chi connectivity index (χ3n) is 4.91. The van der Waals surface area contributed by atoms with E-state index in [1.54, 1.807) is 12.1 Å². The molecule has 2 aromatic rings. The monoisotopic (exact) mass is 482 g/mol. The molecule has 9 heteroatoms.